The summed E-state index contributed by atoms with van der Waals surface area (Å²) in [4.78, 5) is 12.7. The van der Waals surface area contributed by atoms with Crippen LogP contribution in [0.1, 0.15) is 25.8 Å². The molecule has 0 aliphatic carbocycles. The van der Waals surface area contributed by atoms with Crippen LogP contribution in [0.4, 0.5) is 0 Å². The number of hydrogen-bond acceptors (Lipinski definition) is 2. The van der Waals surface area contributed by atoms with Gasteiger partial charge in [-0.25, -0.2) is 0 Å². The SMILES string of the molecule is CCN(CC(=O)O)C(C)CCc1ccccc1. The number of hydrogen-bond donors (Lipinski definition) is 1. The van der Waals surface area contributed by atoms with Crippen molar-refractivity contribution in [1.82, 2.24) is 4.90 Å². The molecule has 0 spiro atoms. The second-order valence-corrected chi connectivity index (χ2v) is 4.33. The van der Waals surface area contributed by atoms with Gasteiger partial charge in [0.05, 0.1) is 6.54 Å². The highest BCUT2D eigenvalue weighted by Gasteiger charge is 2.14. The van der Waals surface area contributed by atoms with Crippen molar-refractivity contribution in [3.8, 4) is 0 Å². The first-order valence-electron chi connectivity index (χ1n) is 6.13. The van der Waals surface area contributed by atoms with Gasteiger partial charge < -0.3 is 5.11 Å². The maximum Gasteiger partial charge on any atom is 0.317 e. The molecule has 0 saturated heterocycles. The van der Waals surface area contributed by atoms with E-state index in [1.807, 2.05) is 30.0 Å². The zero-order valence-electron chi connectivity index (χ0n) is 10.6. The molecule has 1 aromatic carbocycles. The lowest BCUT2D eigenvalue weighted by molar-refractivity contribution is -0.138. The Bertz CT molecular complexity index is 337. The molecule has 1 unspecified atom stereocenters. The second-order valence-electron chi connectivity index (χ2n) is 4.33. The summed E-state index contributed by atoms with van der Waals surface area (Å²) in [6, 6.07) is 10.6. The molecule has 1 atom stereocenters. The second kappa shape index (κ2) is 7.07. The molecule has 0 heterocycles. The maximum absolute atomic E-state index is 10.7. The molecule has 3 nitrogen and oxygen atoms in total. The lowest BCUT2D eigenvalue weighted by Crippen LogP contribution is -2.37. The number of carboxylic acid groups (broad SMARTS) is 1. The standard InChI is InChI=1S/C14H21NO2/c1-3-15(11-14(16)17)12(2)9-10-13-7-5-4-6-8-13/h4-8,12H,3,9-11H2,1-2H3,(H,16,17). The normalized spacial score (nSPS) is 12.6. The van der Waals surface area contributed by atoms with Crippen molar-refractivity contribution in [2.75, 3.05) is 13.1 Å². The Labute approximate surface area is 103 Å². The highest BCUT2D eigenvalue weighted by Crippen LogP contribution is 2.09. The van der Waals surface area contributed by atoms with Gasteiger partial charge in [0.25, 0.3) is 0 Å². The topological polar surface area (TPSA) is 40.5 Å². The quantitative estimate of drug-likeness (QED) is 0.789. The van der Waals surface area contributed by atoms with Crippen LogP contribution in [0.2, 0.25) is 0 Å². The summed E-state index contributed by atoms with van der Waals surface area (Å²) in [5.74, 6) is -0.751. The molecule has 3 heteroatoms. The zero-order chi connectivity index (χ0) is 12.7. The number of rotatable bonds is 7. The lowest BCUT2D eigenvalue weighted by Gasteiger charge is -2.26. The van der Waals surface area contributed by atoms with E-state index in [1.165, 1.54) is 5.56 Å². The fourth-order valence-corrected chi connectivity index (χ4v) is 1.96. The summed E-state index contributed by atoms with van der Waals surface area (Å²) < 4.78 is 0. The predicted molar refractivity (Wildman–Crippen MR) is 69.1 cm³/mol. The Hall–Kier alpha value is -1.35. The number of benzene rings is 1. The summed E-state index contributed by atoms with van der Waals surface area (Å²) in [5, 5.41) is 8.81. The molecule has 0 bridgehead atoms. The molecule has 0 fully saturated rings. The molecule has 0 saturated carbocycles. The Morgan fingerprint density at radius 3 is 2.53 bits per heavy atom. The molecule has 0 aliphatic rings. The monoisotopic (exact) mass is 235 g/mol. The van der Waals surface area contributed by atoms with Gasteiger partial charge in [0.15, 0.2) is 0 Å². The minimum Gasteiger partial charge on any atom is -0.480 e. The van der Waals surface area contributed by atoms with Gasteiger partial charge in [0.1, 0.15) is 0 Å². The minimum atomic E-state index is -0.751. The van der Waals surface area contributed by atoms with Gasteiger partial charge in [-0.05, 0) is 31.9 Å². The van der Waals surface area contributed by atoms with E-state index in [4.69, 9.17) is 5.11 Å². The van der Waals surface area contributed by atoms with Crippen molar-refractivity contribution < 1.29 is 9.90 Å². The van der Waals surface area contributed by atoms with E-state index in [9.17, 15) is 4.79 Å². The van der Waals surface area contributed by atoms with Gasteiger partial charge in [0.2, 0.25) is 0 Å². The van der Waals surface area contributed by atoms with Gasteiger partial charge >= 0.3 is 5.97 Å². The molecule has 0 aromatic heterocycles. The maximum atomic E-state index is 10.7. The zero-order valence-corrected chi connectivity index (χ0v) is 10.6. The highest BCUT2D eigenvalue weighted by molar-refractivity contribution is 5.69. The molecule has 0 amide bonds. The van der Waals surface area contributed by atoms with Crippen molar-refractivity contribution in [2.45, 2.75) is 32.7 Å². The summed E-state index contributed by atoms with van der Waals surface area (Å²) in [7, 11) is 0. The van der Waals surface area contributed by atoms with Gasteiger partial charge in [-0.2, -0.15) is 0 Å². The van der Waals surface area contributed by atoms with E-state index in [0.29, 0.717) is 6.04 Å². The van der Waals surface area contributed by atoms with E-state index >= 15 is 0 Å². The Morgan fingerprint density at radius 1 is 1.35 bits per heavy atom. The van der Waals surface area contributed by atoms with E-state index in [1.54, 1.807) is 0 Å². The fraction of sp³-hybridized carbons (Fsp3) is 0.500. The van der Waals surface area contributed by atoms with Crippen LogP contribution in [0.15, 0.2) is 30.3 Å². The van der Waals surface area contributed by atoms with Gasteiger partial charge in [-0.1, -0.05) is 37.3 Å². The van der Waals surface area contributed by atoms with Crippen LogP contribution in [0.25, 0.3) is 0 Å². The van der Waals surface area contributed by atoms with Crippen LogP contribution >= 0.6 is 0 Å². The lowest BCUT2D eigenvalue weighted by atomic mass is 10.1. The number of carboxylic acids is 1. The van der Waals surface area contributed by atoms with Crippen molar-refractivity contribution in [1.29, 1.82) is 0 Å². The van der Waals surface area contributed by atoms with Crippen LogP contribution in [0.3, 0.4) is 0 Å². The molecule has 0 radical (unpaired) electrons. The molecule has 1 rings (SSSR count). The average Bonchev–Trinajstić information content (AvgIpc) is 2.34. The van der Waals surface area contributed by atoms with Crippen molar-refractivity contribution in [3.05, 3.63) is 35.9 Å². The predicted octanol–water partition coefficient (Wildman–Crippen LogP) is 2.41. The van der Waals surface area contributed by atoms with Crippen LogP contribution in [-0.2, 0) is 11.2 Å². The smallest absolute Gasteiger partial charge is 0.317 e. The molecule has 0 aliphatic heterocycles. The third kappa shape index (κ3) is 5.00. The number of carbonyl (C=O) groups is 1. The van der Waals surface area contributed by atoms with Crippen LogP contribution < -0.4 is 0 Å². The highest BCUT2D eigenvalue weighted by atomic mass is 16.4. The fourth-order valence-electron chi connectivity index (χ4n) is 1.96. The summed E-state index contributed by atoms with van der Waals surface area (Å²) in [6.45, 7) is 5.01. The molecule has 1 N–H and O–H groups in total. The average molecular weight is 235 g/mol. The van der Waals surface area contributed by atoms with Crippen LogP contribution in [-0.4, -0.2) is 35.1 Å². The first kappa shape index (κ1) is 13.7. The van der Waals surface area contributed by atoms with Crippen molar-refractivity contribution in [2.24, 2.45) is 0 Å². The van der Waals surface area contributed by atoms with Gasteiger partial charge in [0, 0.05) is 6.04 Å². The molecule has 1 aromatic rings. The van der Waals surface area contributed by atoms with Crippen LogP contribution in [0.5, 0.6) is 0 Å². The molecular weight excluding hydrogens is 214 g/mol. The molecular formula is C14H21NO2. The minimum absolute atomic E-state index is 0.131. The van der Waals surface area contributed by atoms with Crippen molar-refractivity contribution >= 4 is 5.97 Å². The Morgan fingerprint density at radius 2 is 2.00 bits per heavy atom. The molecule has 17 heavy (non-hydrogen) atoms. The van der Waals surface area contributed by atoms with Gasteiger partial charge in [-0.15, -0.1) is 0 Å². The van der Waals surface area contributed by atoms with Gasteiger partial charge in [-0.3, -0.25) is 9.69 Å². The summed E-state index contributed by atoms with van der Waals surface area (Å²) in [5.41, 5.74) is 1.31. The number of aryl methyl sites for hydroxylation is 1. The number of aliphatic carboxylic acids is 1. The Balaban J connectivity index is 2.42. The largest absolute Gasteiger partial charge is 0.480 e. The van der Waals surface area contributed by atoms with E-state index in [0.717, 1.165) is 19.4 Å². The van der Waals surface area contributed by atoms with E-state index < -0.39 is 5.97 Å². The Kier molecular flexibility index (Phi) is 5.70. The van der Waals surface area contributed by atoms with E-state index in [-0.39, 0.29) is 6.54 Å². The van der Waals surface area contributed by atoms with Crippen molar-refractivity contribution in [3.63, 3.8) is 0 Å². The first-order chi connectivity index (χ1) is 8.13. The number of likely N-dealkylation sites (N-methyl/N-ethyl adjacent to an activating group) is 1. The van der Waals surface area contributed by atoms with Crippen LogP contribution in [0, 0.1) is 0 Å². The molecule has 94 valence electrons. The summed E-state index contributed by atoms with van der Waals surface area (Å²) >= 11 is 0. The third-order valence-corrected chi connectivity index (χ3v) is 3.06. The van der Waals surface area contributed by atoms with E-state index in [2.05, 4.69) is 19.1 Å². The third-order valence-electron chi connectivity index (χ3n) is 3.06. The first-order valence-corrected chi connectivity index (χ1v) is 6.13. The summed E-state index contributed by atoms with van der Waals surface area (Å²) in [6.07, 6.45) is 1.99. The number of nitrogens with zero attached hydrogens (tertiary/aromatic N) is 1.